The Morgan fingerprint density at radius 3 is 2.96 bits per heavy atom. The van der Waals surface area contributed by atoms with E-state index in [0.717, 1.165) is 18.5 Å². The topological polar surface area (TPSA) is 66.1 Å². The van der Waals surface area contributed by atoms with Gasteiger partial charge in [-0.25, -0.2) is 14.2 Å². The quantitative estimate of drug-likeness (QED) is 0.935. The van der Waals surface area contributed by atoms with Crippen LogP contribution in [0, 0.1) is 5.82 Å². The summed E-state index contributed by atoms with van der Waals surface area (Å²) in [5, 5.41) is 0. The molecule has 0 spiro atoms. The number of halogens is 1. The Bertz CT molecular complexity index is 775. The second kappa shape index (κ2) is 7.38. The average Bonchev–Trinajstić information content (AvgIpc) is 2.61. The second-order valence-corrected chi connectivity index (χ2v) is 6.10. The van der Waals surface area contributed by atoms with Gasteiger partial charge in [0, 0.05) is 37.3 Å². The molecule has 5 nitrogen and oxygen atoms in total. The SMILES string of the molecule is O=C(CCc1ccccc1F)N1CCC[C@@H](c2ccnc(=O)[nH]2)C1. The number of carbonyl (C=O) groups excluding carboxylic acids is 1. The number of H-pyrrole nitrogens is 1. The molecule has 0 bridgehead atoms. The molecular weight excluding hydrogens is 309 g/mol. The Kier molecular flexibility index (Phi) is 5.03. The van der Waals surface area contributed by atoms with Gasteiger partial charge in [-0.1, -0.05) is 18.2 Å². The molecule has 1 amide bonds. The summed E-state index contributed by atoms with van der Waals surface area (Å²) < 4.78 is 13.6. The molecule has 126 valence electrons. The van der Waals surface area contributed by atoms with Gasteiger partial charge in [-0.15, -0.1) is 0 Å². The van der Waals surface area contributed by atoms with Crippen LogP contribution in [-0.4, -0.2) is 33.9 Å². The fourth-order valence-corrected chi connectivity index (χ4v) is 3.18. The number of aromatic amines is 1. The van der Waals surface area contributed by atoms with Gasteiger partial charge in [0.15, 0.2) is 0 Å². The first-order valence-corrected chi connectivity index (χ1v) is 8.20. The smallest absolute Gasteiger partial charge is 0.342 e. The van der Waals surface area contributed by atoms with E-state index in [9.17, 15) is 14.0 Å². The van der Waals surface area contributed by atoms with Crippen molar-refractivity contribution in [2.24, 2.45) is 0 Å². The van der Waals surface area contributed by atoms with Crippen LogP contribution in [0.4, 0.5) is 4.39 Å². The summed E-state index contributed by atoms with van der Waals surface area (Å²) in [6, 6.07) is 8.34. The van der Waals surface area contributed by atoms with E-state index in [1.807, 2.05) is 4.90 Å². The zero-order valence-electron chi connectivity index (χ0n) is 13.4. The molecular formula is C18H20FN3O2. The van der Waals surface area contributed by atoms with Crippen LogP contribution < -0.4 is 5.69 Å². The van der Waals surface area contributed by atoms with Crippen molar-refractivity contribution in [2.45, 2.75) is 31.6 Å². The van der Waals surface area contributed by atoms with E-state index in [2.05, 4.69) is 9.97 Å². The van der Waals surface area contributed by atoms with Gasteiger partial charge in [-0.3, -0.25) is 4.79 Å². The molecule has 1 N–H and O–H groups in total. The van der Waals surface area contributed by atoms with Gasteiger partial charge in [0.1, 0.15) is 5.82 Å². The molecule has 1 aliphatic heterocycles. The molecule has 1 atom stereocenters. The number of piperidine rings is 1. The molecule has 2 heterocycles. The zero-order chi connectivity index (χ0) is 16.9. The lowest BCUT2D eigenvalue weighted by Gasteiger charge is -2.32. The van der Waals surface area contributed by atoms with Crippen molar-refractivity contribution in [2.75, 3.05) is 13.1 Å². The molecule has 0 aliphatic carbocycles. The predicted octanol–water partition coefficient (Wildman–Crippen LogP) is 2.25. The number of rotatable bonds is 4. The molecule has 2 aromatic rings. The first kappa shape index (κ1) is 16.4. The summed E-state index contributed by atoms with van der Waals surface area (Å²) in [7, 11) is 0. The van der Waals surface area contributed by atoms with Crippen molar-refractivity contribution in [1.82, 2.24) is 14.9 Å². The molecule has 1 saturated heterocycles. The number of benzene rings is 1. The minimum atomic E-state index is -0.365. The minimum absolute atomic E-state index is 0.0272. The molecule has 6 heteroatoms. The monoisotopic (exact) mass is 329 g/mol. The normalized spacial score (nSPS) is 17.7. The highest BCUT2D eigenvalue weighted by Crippen LogP contribution is 2.25. The number of hydrogen-bond donors (Lipinski definition) is 1. The molecule has 1 aromatic heterocycles. The van der Waals surface area contributed by atoms with Gasteiger partial charge in [-0.2, -0.15) is 0 Å². The van der Waals surface area contributed by atoms with Crippen molar-refractivity contribution in [3.05, 3.63) is 64.1 Å². The van der Waals surface area contributed by atoms with E-state index in [4.69, 9.17) is 0 Å². The van der Waals surface area contributed by atoms with E-state index in [0.29, 0.717) is 31.5 Å². The van der Waals surface area contributed by atoms with Crippen LogP contribution in [0.15, 0.2) is 41.3 Å². The van der Waals surface area contributed by atoms with E-state index in [1.54, 1.807) is 24.3 Å². The lowest BCUT2D eigenvalue weighted by Crippen LogP contribution is -2.39. The summed E-state index contributed by atoms with van der Waals surface area (Å²) in [4.78, 5) is 32.0. The molecule has 0 unspecified atom stereocenters. The van der Waals surface area contributed by atoms with Gasteiger partial charge in [-0.05, 0) is 37.0 Å². The van der Waals surface area contributed by atoms with Crippen molar-refractivity contribution < 1.29 is 9.18 Å². The highest BCUT2D eigenvalue weighted by atomic mass is 19.1. The fraction of sp³-hybridized carbons (Fsp3) is 0.389. The number of likely N-dealkylation sites (tertiary alicyclic amines) is 1. The van der Waals surface area contributed by atoms with Gasteiger partial charge < -0.3 is 9.88 Å². The summed E-state index contributed by atoms with van der Waals surface area (Å²) in [6.45, 7) is 1.29. The maximum atomic E-state index is 13.6. The van der Waals surface area contributed by atoms with Crippen LogP contribution >= 0.6 is 0 Å². The van der Waals surface area contributed by atoms with Crippen LogP contribution in [0.3, 0.4) is 0 Å². The van der Waals surface area contributed by atoms with Crippen molar-refractivity contribution in [3.63, 3.8) is 0 Å². The van der Waals surface area contributed by atoms with Crippen LogP contribution in [0.2, 0.25) is 0 Å². The van der Waals surface area contributed by atoms with E-state index >= 15 is 0 Å². The van der Waals surface area contributed by atoms with Crippen molar-refractivity contribution in [3.8, 4) is 0 Å². The largest absolute Gasteiger partial charge is 0.345 e. The third kappa shape index (κ3) is 3.88. The average molecular weight is 329 g/mol. The van der Waals surface area contributed by atoms with E-state index in [-0.39, 0.29) is 23.3 Å². The highest BCUT2D eigenvalue weighted by Gasteiger charge is 2.25. The summed E-state index contributed by atoms with van der Waals surface area (Å²) >= 11 is 0. The number of carbonyl (C=O) groups is 1. The minimum Gasteiger partial charge on any atom is -0.342 e. The van der Waals surface area contributed by atoms with Crippen molar-refractivity contribution >= 4 is 5.91 Å². The van der Waals surface area contributed by atoms with E-state index < -0.39 is 0 Å². The van der Waals surface area contributed by atoms with Gasteiger partial charge in [0.25, 0.3) is 0 Å². The maximum absolute atomic E-state index is 13.6. The number of aromatic nitrogens is 2. The van der Waals surface area contributed by atoms with E-state index in [1.165, 1.54) is 12.3 Å². The molecule has 0 saturated carbocycles. The van der Waals surface area contributed by atoms with Crippen molar-refractivity contribution in [1.29, 1.82) is 0 Å². The number of aryl methyl sites for hydroxylation is 1. The number of nitrogens with zero attached hydrogens (tertiary/aromatic N) is 2. The first-order valence-electron chi connectivity index (χ1n) is 8.20. The lowest BCUT2D eigenvalue weighted by molar-refractivity contribution is -0.132. The summed E-state index contributed by atoms with van der Waals surface area (Å²) in [5.74, 6) is -0.123. The molecule has 1 fully saturated rings. The van der Waals surface area contributed by atoms with Crippen LogP contribution in [0.1, 0.15) is 36.4 Å². The van der Waals surface area contributed by atoms with Crippen LogP contribution in [0.25, 0.3) is 0 Å². The summed E-state index contributed by atoms with van der Waals surface area (Å²) in [5.41, 5.74) is 1.02. The molecule has 0 radical (unpaired) electrons. The maximum Gasteiger partial charge on any atom is 0.345 e. The molecule has 3 rings (SSSR count). The zero-order valence-corrected chi connectivity index (χ0v) is 13.4. The highest BCUT2D eigenvalue weighted by molar-refractivity contribution is 5.76. The number of hydrogen-bond acceptors (Lipinski definition) is 3. The standard InChI is InChI=1S/C18H20FN3O2/c19-15-6-2-1-4-13(15)7-8-17(23)22-11-3-5-14(12-22)16-9-10-20-18(24)21-16/h1-2,4,6,9-10,14H,3,5,7-8,11-12H2,(H,20,21,24)/t14-/m1/s1. The van der Waals surface area contributed by atoms with Crippen LogP contribution in [0.5, 0.6) is 0 Å². The van der Waals surface area contributed by atoms with Gasteiger partial charge in [0.05, 0.1) is 0 Å². The predicted molar refractivity (Wildman–Crippen MR) is 88.1 cm³/mol. The Labute approximate surface area is 139 Å². The third-order valence-corrected chi connectivity index (χ3v) is 4.48. The Balaban J connectivity index is 1.61. The first-order chi connectivity index (χ1) is 11.6. The molecule has 1 aromatic carbocycles. The van der Waals surface area contributed by atoms with Gasteiger partial charge in [0.2, 0.25) is 5.91 Å². The van der Waals surface area contributed by atoms with Gasteiger partial charge >= 0.3 is 5.69 Å². The lowest BCUT2D eigenvalue weighted by atomic mass is 9.94. The third-order valence-electron chi connectivity index (χ3n) is 4.48. The number of amides is 1. The summed E-state index contributed by atoms with van der Waals surface area (Å²) in [6.07, 6.45) is 4.00. The Hall–Kier alpha value is -2.50. The second-order valence-electron chi connectivity index (χ2n) is 6.10. The van der Waals surface area contributed by atoms with Crippen LogP contribution in [-0.2, 0) is 11.2 Å². The number of nitrogens with one attached hydrogen (secondary N) is 1. The molecule has 24 heavy (non-hydrogen) atoms. The molecule has 1 aliphatic rings. The fourth-order valence-electron chi connectivity index (χ4n) is 3.18. The Morgan fingerprint density at radius 1 is 1.33 bits per heavy atom. The Morgan fingerprint density at radius 2 is 2.17 bits per heavy atom.